The molecule has 1 saturated carbocycles. The van der Waals surface area contributed by atoms with Gasteiger partial charge in [0.1, 0.15) is 0 Å². The Bertz CT molecular complexity index is 684. The molecule has 1 aliphatic carbocycles. The van der Waals surface area contributed by atoms with Crippen molar-refractivity contribution in [2.75, 3.05) is 5.32 Å². The van der Waals surface area contributed by atoms with Gasteiger partial charge in [0.2, 0.25) is 5.91 Å². The van der Waals surface area contributed by atoms with E-state index in [9.17, 15) is 4.79 Å². The number of pyridine rings is 1. The van der Waals surface area contributed by atoms with Crippen molar-refractivity contribution in [2.24, 2.45) is 18.7 Å². The maximum absolute atomic E-state index is 12.3. The van der Waals surface area contributed by atoms with E-state index >= 15 is 0 Å². The van der Waals surface area contributed by atoms with Gasteiger partial charge in [-0.2, -0.15) is 5.10 Å². The minimum atomic E-state index is -0.807. The number of carbonyl (C=O) groups excluding carboxylic acids is 1. The van der Waals surface area contributed by atoms with E-state index in [4.69, 9.17) is 5.73 Å². The van der Waals surface area contributed by atoms with Gasteiger partial charge < -0.3 is 11.1 Å². The third kappa shape index (κ3) is 2.06. The van der Waals surface area contributed by atoms with Crippen LogP contribution >= 0.6 is 0 Å². The molecular weight excluding hydrogens is 254 g/mol. The highest BCUT2D eigenvalue weighted by Gasteiger charge is 2.44. The number of carbonyl (C=O) groups is 1. The van der Waals surface area contributed by atoms with Crippen molar-refractivity contribution in [3.8, 4) is 0 Å². The topological polar surface area (TPSA) is 85.8 Å². The SMILES string of the molecule is Cc1nn(C)c2ncc(NC(=O)C(C)(N)C3CC3)cc12. The highest BCUT2D eigenvalue weighted by atomic mass is 16.2. The van der Waals surface area contributed by atoms with Crippen molar-refractivity contribution in [3.05, 3.63) is 18.0 Å². The van der Waals surface area contributed by atoms with Crippen LogP contribution in [0.25, 0.3) is 11.0 Å². The fourth-order valence-corrected chi connectivity index (χ4v) is 2.51. The van der Waals surface area contributed by atoms with Crippen LogP contribution in [0.5, 0.6) is 0 Å². The van der Waals surface area contributed by atoms with Gasteiger partial charge in [0.15, 0.2) is 5.65 Å². The monoisotopic (exact) mass is 273 g/mol. The van der Waals surface area contributed by atoms with Gasteiger partial charge in [-0.1, -0.05) is 0 Å². The summed E-state index contributed by atoms with van der Waals surface area (Å²) in [7, 11) is 1.85. The van der Waals surface area contributed by atoms with Crippen LogP contribution in [0.2, 0.25) is 0 Å². The number of hydrogen-bond acceptors (Lipinski definition) is 4. The van der Waals surface area contributed by atoms with E-state index < -0.39 is 5.54 Å². The van der Waals surface area contributed by atoms with E-state index in [2.05, 4.69) is 15.4 Å². The molecule has 0 aromatic carbocycles. The third-order valence-electron chi connectivity index (χ3n) is 4.04. The van der Waals surface area contributed by atoms with Crippen LogP contribution in [0.3, 0.4) is 0 Å². The highest BCUT2D eigenvalue weighted by molar-refractivity contribution is 5.99. The molecule has 2 aromatic rings. The Morgan fingerprint density at radius 3 is 2.90 bits per heavy atom. The fourth-order valence-electron chi connectivity index (χ4n) is 2.51. The van der Waals surface area contributed by atoms with Crippen molar-refractivity contribution in [2.45, 2.75) is 32.2 Å². The maximum Gasteiger partial charge on any atom is 0.244 e. The Hall–Kier alpha value is -1.95. The molecule has 1 unspecified atom stereocenters. The summed E-state index contributed by atoms with van der Waals surface area (Å²) in [6.45, 7) is 3.72. The highest BCUT2D eigenvalue weighted by Crippen LogP contribution is 2.38. The number of nitrogens with zero attached hydrogens (tertiary/aromatic N) is 3. The van der Waals surface area contributed by atoms with Crippen molar-refractivity contribution < 1.29 is 4.79 Å². The Balaban J connectivity index is 1.87. The van der Waals surface area contributed by atoms with Crippen LogP contribution in [0.1, 0.15) is 25.5 Å². The Morgan fingerprint density at radius 1 is 1.55 bits per heavy atom. The van der Waals surface area contributed by atoms with Crippen LogP contribution in [0.4, 0.5) is 5.69 Å². The first-order valence-corrected chi connectivity index (χ1v) is 6.79. The summed E-state index contributed by atoms with van der Waals surface area (Å²) < 4.78 is 1.73. The largest absolute Gasteiger partial charge is 0.323 e. The average molecular weight is 273 g/mol. The smallest absolute Gasteiger partial charge is 0.244 e. The fraction of sp³-hybridized carbons (Fsp3) is 0.500. The van der Waals surface area contributed by atoms with Crippen LogP contribution in [-0.2, 0) is 11.8 Å². The average Bonchev–Trinajstić information content (AvgIpc) is 3.19. The second kappa shape index (κ2) is 4.28. The van der Waals surface area contributed by atoms with Gasteiger partial charge in [0.05, 0.1) is 23.1 Å². The molecule has 0 saturated heterocycles. The second-order valence-corrected chi connectivity index (χ2v) is 5.82. The van der Waals surface area contributed by atoms with E-state index in [1.54, 1.807) is 17.8 Å². The quantitative estimate of drug-likeness (QED) is 0.883. The van der Waals surface area contributed by atoms with Crippen LogP contribution in [0.15, 0.2) is 12.3 Å². The first-order chi connectivity index (χ1) is 9.39. The number of aryl methyl sites for hydroxylation is 2. The predicted octanol–water partition coefficient (Wildman–Crippen LogP) is 1.34. The van der Waals surface area contributed by atoms with Crippen molar-refractivity contribution in [1.82, 2.24) is 14.8 Å². The number of rotatable bonds is 3. The summed E-state index contributed by atoms with van der Waals surface area (Å²) in [5.74, 6) is 0.141. The molecule has 0 bridgehead atoms. The Morgan fingerprint density at radius 2 is 2.25 bits per heavy atom. The molecular formula is C14H19N5O. The number of hydrogen-bond donors (Lipinski definition) is 2. The van der Waals surface area contributed by atoms with Gasteiger partial charge in [0.25, 0.3) is 0 Å². The van der Waals surface area contributed by atoms with Crippen LogP contribution < -0.4 is 11.1 Å². The summed E-state index contributed by atoms with van der Waals surface area (Å²) in [4.78, 5) is 16.6. The van der Waals surface area contributed by atoms with Crippen molar-refractivity contribution >= 4 is 22.6 Å². The van der Waals surface area contributed by atoms with Gasteiger partial charge in [-0.3, -0.25) is 9.48 Å². The lowest BCUT2D eigenvalue weighted by molar-refractivity contribution is -0.121. The molecule has 2 aromatic heterocycles. The van der Waals surface area contributed by atoms with Gasteiger partial charge in [-0.25, -0.2) is 4.98 Å². The van der Waals surface area contributed by atoms with Gasteiger partial charge >= 0.3 is 0 Å². The van der Waals surface area contributed by atoms with E-state index in [1.165, 1.54) is 0 Å². The van der Waals surface area contributed by atoms with Gasteiger partial charge in [-0.15, -0.1) is 0 Å². The molecule has 3 N–H and O–H groups in total. The standard InChI is InChI=1S/C14H19N5O/c1-8-11-6-10(7-16-12(11)19(3)18-8)17-13(20)14(2,15)9-4-5-9/h6-7,9H,4-5,15H2,1-3H3,(H,17,20). The second-order valence-electron chi connectivity index (χ2n) is 5.82. The van der Waals surface area contributed by atoms with Crippen molar-refractivity contribution in [1.29, 1.82) is 0 Å². The normalized spacial score (nSPS) is 18.0. The maximum atomic E-state index is 12.3. The molecule has 6 nitrogen and oxygen atoms in total. The molecule has 1 aliphatic rings. The molecule has 1 amide bonds. The van der Waals surface area contributed by atoms with E-state index in [-0.39, 0.29) is 5.91 Å². The van der Waals surface area contributed by atoms with Gasteiger partial charge in [-0.05, 0) is 38.7 Å². The summed E-state index contributed by atoms with van der Waals surface area (Å²) in [5, 5.41) is 8.12. The first-order valence-electron chi connectivity index (χ1n) is 6.79. The molecule has 2 heterocycles. The summed E-state index contributed by atoms with van der Waals surface area (Å²) in [6.07, 6.45) is 3.70. The molecule has 0 spiro atoms. The molecule has 6 heteroatoms. The molecule has 106 valence electrons. The molecule has 1 fully saturated rings. The lowest BCUT2D eigenvalue weighted by Crippen LogP contribution is -2.50. The number of fused-ring (bicyclic) bond motifs is 1. The van der Waals surface area contributed by atoms with Crippen LogP contribution in [-0.4, -0.2) is 26.2 Å². The zero-order valence-corrected chi connectivity index (χ0v) is 12.0. The zero-order chi connectivity index (χ0) is 14.5. The Labute approximate surface area is 117 Å². The number of anilines is 1. The molecule has 1 atom stereocenters. The molecule has 3 rings (SSSR count). The molecule has 20 heavy (non-hydrogen) atoms. The molecule has 0 radical (unpaired) electrons. The summed E-state index contributed by atoms with van der Waals surface area (Å²) >= 11 is 0. The van der Waals surface area contributed by atoms with Gasteiger partial charge in [0, 0.05) is 12.4 Å². The minimum absolute atomic E-state index is 0.150. The van der Waals surface area contributed by atoms with E-state index in [0.29, 0.717) is 11.6 Å². The number of amides is 1. The van der Waals surface area contributed by atoms with E-state index in [0.717, 1.165) is 29.6 Å². The number of nitrogens with two attached hydrogens (primary N) is 1. The number of aromatic nitrogens is 3. The lowest BCUT2D eigenvalue weighted by Gasteiger charge is -2.23. The number of nitrogens with one attached hydrogen (secondary N) is 1. The van der Waals surface area contributed by atoms with Crippen molar-refractivity contribution in [3.63, 3.8) is 0 Å². The van der Waals surface area contributed by atoms with Crippen LogP contribution in [0, 0.1) is 12.8 Å². The molecule has 0 aliphatic heterocycles. The lowest BCUT2D eigenvalue weighted by atomic mass is 9.96. The third-order valence-corrected chi connectivity index (χ3v) is 4.04. The zero-order valence-electron chi connectivity index (χ0n) is 12.0. The summed E-state index contributed by atoms with van der Waals surface area (Å²) in [6, 6.07) is 1.89. The Kier molecular flexibility index (Phi) is 2.79. The van der Waals surface area contributed by atoms with E-state index in [1.807, 2.05) is 20.0 Å². The minimum Gasteiger partial charge on any atom is -0.323 e. The predicted molar refractivity (Wildman–Crippen MR) is 77.2 cm³/mol. The first kappa shape index (κ1) is 13.1. The summed E-state index contributed by atoms with van der Waals surface area (Å²) in [5.41, 5.74) is 7.66.